The van der Waals surface area contributed by atoms with Crippen molar-refractivity contribution in [3.05, 3.63) is 33.9 Å². The zero-order chi connectivity index (χ0) is 14.7. The van der Waals surface area contributed by atoms with Gasteiger partial charge in [0, 0.05) is 18.3 Å². The number of anilines is 1. The third-order valence-corrected chi connectivity index (χ3v) is 3.61. The van der Waals surface area contributed by atoms with Crippen molar-refractivity contribution < 1.29 is 14.5 Å². The predicted octanol–water partition coefficient (Wildman–Crippen LogP) is 2.41. The third kappa shape index (κ3) is 2.80. The molecule has 2 rings (SSSR count). The number of aldehydes is 1. The smallest absolute Gasteiger partial charge is 0.280 e. The minimum absolute atomic E-state index is 0.104. The average molecular weight is 278 g/mol. The van der Waals surface area contributed by atoms with Crippen molar-refractivity contribution in [1.29, 1.82) is 0 Å². The number of benzene rings is 1. The summed E-state index contributed by atoms with van der Waals surface area (Å²) in [5.41, 5.74) is 0.791. The number of rotatable bonds is 4. The number of ether oxygens (including phenoxy) is 1. The first kappa shape index (κ1) is 14.5. The molecular formula is C14H18N2O4. The summed E-state index contributed by atoms with van der Waals surface area (Å²) >= 11 is 0. The van der Waals surface area contributed by atoms with Crippen LogP contribution < -0.4 is 4.90 Å². The van der Waals surface area contributed by atoms with Crippen LogP contribution in [0.2, 0.25) is 0 Å². The molecule has 0 amide bonds. The van der Waals surface area contributed by atoms with E-state index in [-0.39, 0.29) is 23.4 Å². The lowest BCUT2D eigenvalue weighted by atomic mass is 10.1. The first-order valence-electron chi connectivity index (χ1n) is 6.68. The Kier molecular flexibility index (Phi) is 4.34. The number of hydrogen-bond donors (Lipinski definition) is 0. The van der Waals surface area contributed by atoms with E-state index in [1.807, 2.05) is 6.92 Å². The Hall–Kier alpha value is -1.95. The highest BCUT2D eigenvalue weighted by molar-refractivity contribution is 5.83. The van der Waals surface area contributed by atoms with Gasteiger partial charge in [-0.2, -0.15) is 0 Å². The van der Waals surface area contributed by atoms with Gasteiger partial charge in [-0.25, -0.2) is 0 Å². The number of carbonyl (C=O) groups is 1. The molecule has 2 unspecified atom stereocenters. The Morgan fingerprint density at radius 3 is 2.90 bits per heavy atom. The highest BCUT2D eigenvalue weighted by Gasteiger charge is 2.27. The molecule has 0 saturated carbocycles. The molecule has 6 nitrogen and oxygen atoms in total. The third-order valence-electron chi connectivity index (χ3n) is 3.61. The molecule has 0 aromatic heterocycles. The van der Waals surface area contributed by atoms with E-state index in [9.17, 15) is 14.9 Å². The SMILES string of the molecule is CCC1COC(C)CN1c1ccc([N+](=O)[O-])c(C=O)c1. The normalized spacial score (nSPS) is 22.6. The van der Waals surface area contributed by atoms with Crippen molar-refractivity contribution >= 4 is 17.7 Å². The summed E-state index contributed by atoms with van der Waals surface area (Å²) in [6, 6.07) is 4.91. The van der Waals surface area contributed by atoms with Gasteiger partial charge >= 0.3 is 0 Å². The van der Waals surface area contributed by atoms with Crippen molar-refractivity contribution in [3.63, 3.8) is 0 Å². The van der Waals surface area contributed by atoms with Crippen molar-refractivity contribution in [2.75, 3.05) is 18.1 Å². The molecule has 108 valence electrons. The maximum Gasteiger partial charge on any atom is 0.280 e. The van der Waals surface area contributed by atoms with Crippen LogP contribution in [0.3, 0.4) is 0 Å². The zero-order valence-electron chi connectivity index (χ0n) is 11.6. The number of nitrogens with zero attached hydrogens (tertiary/aromatic N) is 2. The van der Waals surface area contributed by atoms with Crippen molar-refractivity contribution in [3.8, 4) is 0 Å². The summed E-state index contributed by atoms with van der Waals surface area (Å²) in [5.74, 6) is 0. The average Bonchev–Trinajstić information content (AvgIpc) is 2.46. The second kappa shape index (κ2) is 6.00. The van der Waals surface area contributed by atoms with Crippen LogP contribution in [0.15, 0.2) is 18.2 Å². The number of nitro benzene ring substituents is 1. The molecule has 1 heterocycles. The van der Waals surface area contributed by atoms with E-state index in [1.165, 1.54) is 6.07 Å². The van der Waals surface area contributed by atoms with Crippen molar-refractivity contribution in [2.45, 2.75) is 32.4 Å². The van der Waals surface area contributed by atoms with Gasteiger partial charge in [0.1, 0.15) is 0 Å². The van der Waals surface area contributed by atoms with Gasteiger partial charge in [0.05, 0.1) is 29.2 Å². The molecular weight excluding hydrogens is 260 g/mol. The molecule has 0 N–H and O–H groups in total. The van der Waals surface area contributed by atoms with Crippen LogP contribution in [-0.2, 0) is 4.74 Å². The Morgan fingerprint density at radius 2 is 2.30 bits per heavy atom. The molecule has 1 aromatic rings. The van der Waals surface area contributed by atoms with E-state index < -0.39 is 4.92 Å². The van der Waals surface area contributed by atoms with Gasteiger partial charge < -0.3 is 9.64 Å². The van der Waals surface area contributed by atoms with Crippen LogP contribution >= 0.6 is 0 Å². The van der Waals surface area contributed by atoms with Gasteiger partial charge in [-0.1, -0.05) is 6.92 Å². The lowest BCUT2D eigenvalue weighted by Gasteiger charge is -2.40. The largest absolute Gasteiger partial charge is 0.375 e. The van der Waals surface area contributed by atoms with E-state index in [0.717, 1.165) is 12.1 Å². The van der Waals surface area contributed by atoms with Crippen LogP contribution in [0.4, 0.5) is 11.4 Å². The van der Waals surface area contributed by atoms with Crippen LogP contribution in [0.25, 0.3) is 0 Å². The topological polar surface area (TPSA) is 72.7 Å². The van der Waals surface area contributed by atoms with Crippen LogP contribution in [0.1, 0.15) is 30.6 Å². The summed E-state index contributed by atoms with van der Waals surface area (Å²) in [7, 11) is 0. The van der Waals surface area contributed by atoms with E-state index >= 15 is 0 Å². The van der Waals surface area contributed by atoms with E-state index in [0.29, 0.717) is 19.4 Å². The first-order valence-corrected chi connectivity index (χ1v) is 6.68. The fourth-order valence-electron chi connectivity index (χ4n) is 2.48. The summed E-state index contributed by atoms with van der Waals surface area (Å²) in [6.07, 6.45) is 1.56. The van der Waals surface area contributed by atoms with Gasteiger partial charge in [0.25, 0.3) is 5.69 Å². The second-order valence-corrected chi connectivity index (χ2v) is 4.98. The zero-order valence-corrected chi connectivity index (χ0v) is 11.6. The molecule has 1 aliphatic rings. The van der Waals surface area contributed by atoms with E-state index in [1.54, 1.807) is 12.1 Å². The van der Waals surface area contributed by atoms with Crippen molar-refractivity contribution in [2.24, 2.45) is 0 Å². The maximum absolute atomic E-state index is 11.0. The molecule has 1 aliphatic heterocycles. The number of nitro groups is 1. The lowest BCUT2D eigenvalue weighted by molar-refractivity contribution is -0.385. The molecule has 20 heavy (non-hydrogen) atoms. The first-order chi connectivity index (χ1) is 9.56. The quantitative estimate of drug-likeness (QED) is 0.480. The van der Waals surface area contributed by atoms with Crippen molar-refractivity contribution in [1.82, 2.24) is 0 Å². The Bertz CT molecular complexity index is 518. The number of hydrogen-bond acceptors (Lipinski definition) is 5. The lowest BCUT2D eigenvalue weighted by Crippen LogP contribution is -2.48. The fraction of sp³-hybridized carbons (Fsp3) is 0.500. The summed E-state index contributed by atoms with van der Waals surface area (Å²) < 4.78 is 5.63. The van der Waals surface area contributed by atoms with Gasteiger partial charge in [-0.05, 0) is 25.5 Å². The Balaban J connectivity index is 2.35. The van der Waals surface area contributed by atoms with Crippen LogP contribution in [0, 0.1) is 10.1 Å². The van der Waals surface area contributed by atoms with Gasteiger partial charge in [-0.15, -0.1) is 0 Å². The van der Waals surface area contributed by atoms with E-state index in [4.69, 9.17) is 4.74 Å². The van der Waals surface area contributed by atoms with Gasteiger partial charge in [-0.3, -0.25) is 14.9 Å². The monoisotopic (exact) mass is 278 g/mol. The molecule has 0 radical (unpaired) electrons. The Morgan fingerprint density at radius 1 is 1.55 bits per heavy atom. The summed E-state index contributed by atoms with van der Waals surface area (Å²) in [4.78, 5) is 23.5. The number of carbonyl (C=O) groups excluding carboxylic acids is 1. The molecule has 1 saturated heterocycles. The highest BCUT2D eigenvalue weighted by atomic mass is 16.6. The van der Waals surface area contributed by atoms with Gasteiger partial charge in [0.2, 0.25) is 0 Å². The summed E-state index contributed by atoms with van der Waals surface area (Å²) in [5, 5.41) is 10.9. The molecule has 2 atom stereocenters. The van der Waals surface area contributed by atoms with Crippen LogP contribution in [0.5, 0.6) is 0 Å². The molecule has 0 bridgehead atoms. The fourth-order valence-corrected chi connectivity index (χ4v) is 2.48. The maximum atomic E-state index is 11.0. The number of morpholine rings is 1. The minimum atomic E-state index is -0.535. The molecule has 0 aliphatic carbocycles. The van der Waals surface area contributed by atoms with Crippen LogP contribution in [-0.4, -0.2) is 36.5 Å². The standard InChI is InChI=1S/C14H18N2O4/c1-3-12-9-20-10(2)7-15(12)13-4-5-14(16(18)19)11(6-13)8-17/h4-6,8,10,12H,3,7,9H2,1-2H3. The molecule has 0 spiro atoms. The Labute approximate surface area is 117 Å². The summed E-state index contributed by atoms with van der Waals surface area (Å²) in [6.45, 7) is 5.41. The highest BCUT2D eigenvalue weighted by Crippen LogP contribution is 2.28. The second-order valence-electron chi connectivity index (χ2n) is 4.98. The molecule has 1 fully saturated rings. The van der Waals surface area contributed by atoms with Gasteiger partial charge in [0.15, 0.2) is 6.29 Å². The van der Waals surface area contributed by atoms with E-state index in [2.05, 4.69) is 11.8 Å². The minimum Gasteiger partial charge on any atom is -0.375 e. The predicted molar refractivity (Wildman–Crippen MR) is 75.3 cm³/mol. The molecule has 1 aromatic carbocycles. The molecule has 6 heteroatoms.